The van der Waals surface area contributed by atoms with Crippen molar-refractivity contribution >= 4 is 41.1 Å². The van der Waals surface area contributed by atoms with Crippen molar-refractivity contribution in [3.05, 3.63) is 46.3 Å². The third kappa shape index (κ3) is 3.00. The maximum atomic E-state index is 12.3. The zero-order valence-electron chi connectivity index (χ0n) is 10.3. The molecule has 0 aromatic carbocycles. The molecule has 1 aromatic heterocycles. The summed E-state index contributed by atoms with van der Waals surface area (Å²) in [6.45, 7) is 0. The van der Waals surface area contributed by atoms with E-state index in [0.717, 1.165) is 0 Å². The number of H-pyrrole nitrogens is 1. The van der Waals surface area contributed by atoms with E-state index < -0.39 is 5.91 Å². The Hall–Kier alpha value is -1.85. The van der Waals surface area contributed by atoms with Gasteiger partial charge in [0.25, 0.3) is 5.91 Å². The normalized spacial score (nSPS) is 14.8. The topological polar surface area (TPSA) is 74.8 Å². The molecule has 0 saturated carbocycles. The second kappa shape index (κ2) is 6.54. The summed E-state index contributed by atoms with van der Waals surface area (Å²) in [4.78, 5) is 23.1. The smallest absolute Gasteiger partial charge is 0.257 e. The summed E-state index contributed by atoms with van der Waals surface area (Å²) >= 11 is 12.0. The Morgan fingerprint density at radius 3 is 3.05 bits per heavy atom. The second-order valence-corrected chi connectivity index (χ2v) is 4.67. The van der Waals surface area contributed by atoms with Crippen molar-refractivity contribution in [3.8, 4) is 0 Å². The molecule has 0 bridgehead atoms. The first-order valence-electron chi connectivity index (χ1n) is 5.79. The van der Waals surface area contributed by atoms with Crippen LogP contribution in [0.4, 0.5) is 5.69 Å². The molecule has 0 aliphatic heterocycles. The second-order valence-electron chi connectivity index (χ2n) is 3.99. The van der Waals surface area contributed by atoms with Crippen LogP contribution in [-0.2, 0) is 4.79 Å². The molecule has 0 radical (unpaired) electrons. The van der Waals surface area contributed by atoms with Crippen LogP contribution in [0.25, 0.3) is 0 Å². The molecule has 2 N–H and O–H groups in total. The lowest BCUT2D eigenvalue weighted by molar-refractivity contribution is -0.112. The van der Waals surface area contributed by atoms with Crippen LogP contribution < -0.4 is 5.32 Å². The molecule has 0 atom stereocenters. The van der Waals surface area contributed by atoms with Crippen molar-refractivity contribution in [1.29, 1.82) is 0 Å². The number of nitrogens with one attached hydrogen (secondary N) is 2. The number of carbonyl (C=O) groups is 2. The van der Waals surface area contributed by atoms with Gasteiger partial charge in [-0.25, -0.2) is 0 Å². The van der Waals surface area contributed by atoms with Crippen molar-refractivity contribution in [1.82, 2.24) is 10.2 Å². The van der Waals surface area contributed by atoms with Gasteiger partial charge in [0, 0.05) is 10.9 Å². The first kappa shape index (κ1) is 14.6. The van der Waals surface area contributed by atoms with Gasteiger partial charge in [-0.15, -0.1) is 11.6 Å². The number of halogens is 2. The van der Waals surface area contributed by atoms with E-state index in [-0.39, 0.29) is 11.6 Å². The molecule has 104 valence electrons. The molecule has 0 fully saturated rings. The van der Waals surface area contributed by atoms with Crippen molar-refractivity contribution in [3.63, 3.8) is 0 Å². The van der Waals surface area contributed by atoms with Crippen LogP contribution >= 0.6 is 23.2 Å². The van der Waals surface area contributed by atoms with Gasteiger partial charge in [-0.2, -0.15) is 5.10 Å². The third-order valence-corrected chi connectivity index (χ3v) is 3.35. The minimum absolute atomic E-state index is 0.162. The van der Waals surface area contributed by atoms with Crippen molar-refractivity contribution < 1.29 is 9.59 Å². The van der Waals surface area contributed by atoms with Gasteiger partial charge in [0.05, 0.1) is 17.5 Å². The summed E-state index contributed by atoms with van der Waals surface area (Å²) < 4.78 is 0. The van der Waals surface area contributed by atoms with Gasteiger partial charge < -0.3 is 5.32 Å². The van der Waals surface area contributed by atoms with Crippen molar-refractivity contribution in [2.24, 2.45) is 0 Å². The fraction of sp³-hybridized carbons (Fsp3) is 0.154. The lowest BCUT2D eigenvalue weighted by Gasteiger charge is -2.09. The molecule has 20 heavy (non-hydrogen) atoms. The van der Waals surface area contributed by atoms with Gasteiger partial charge in [-0.05, 0) is 12.0 Å². The number of allylic oxidation sites excluding steroid dienone is 4. The minimum Gasteiger partial charge on any atom is -0.319 e. The summed E-state index contributed by atoms with van der Waals surface area (Å²) in [5.74, 6) is -0.271. The minimum atomic E-state index is -0.432. The first-order valence-corrected chi connectivity index (χ1v) is 6.70. The standard InChI is InChI=1S/C13H11Cl2N3O2/c14-5-8-3-1-2-4-9(15)12(8)13(20)17-10-6-16-18-11(10)7-19/h1,3-4,6-7H,2,5H2,(H,16,18)(H,17,20). The van der Waals surface area contributed by atoms with E-state index in [1.165, 1.54) is 6.20 Å². The quantitative estimate of drug-likeness (QED) is 0.663. The molecule has 1 amide bonds. The zero-order valence-corrected chi connectivity index (χ0v) is 11.8. The number of aromatic nitrogens is 2. The average Bonchev–Trinajstić information content (AvgIpc) is 2.79. The van der Waals surface area contributed by atoms with Gasteiger partial charge >= 0.3 is 0 Å². The Balaban J connectivity index is 2.33. The summed E-state index contributed by atoms with van der Waals surface area (Å²) in [5, 5.41) is 9.10. The van der Waals surface area contributed by atoms with Crippen molar-refractivity contribution in [2.75, 3.05) is 11.2 Å². The van der Waals surface area contributed by atoms with Crippen LogP contribution in [0.5, 0.6) is 0 Å². The third-order valence-electron chi connectivity index (χ3n) is 2.72. The molecule has 1 heterocycles. The first-order chi connectivity index (χ1) is 9.67. The van der Waals surface area contributed by atoms with Crippen LogP contribution in [0.3, 0.4) is 0 Å². The number of rotatable bonds is 4. The molecule has 1 aromatic rings. The van der Waals surface area contributed by atoms with E-state index in [1.807, 2.05) is 6.08 Å². The number of aldehydes is 1. The monoisotopic (exact) mass is 311 g/mol. The highest BCUT2D eigenvalue weighted by Crippen LogP contribution is 2.26. The van der Waals surface area contributed by atoms with Gasteiger partial charge in [0.15, 0.2) is 6.29 Å². The van der Waals surface area contributed by atoms with Gasteiger partial charge in [-0.1, -0.05) is 29.8 Å². The summed E-state index contributed by atoms with van der Waals surface area (Å²) in [6.07, 6.45) is 7.92. The highest BCUT2D eigenvalue weighted by molar-refractivity contribution is 6.36. The number of aromatic amines is 1. The molecular formula is C13H11Cl2N3O2. The maximum Gasteiger partial charge on any atom is 0.257 e. The van der Waals surface area contributed by atoms with E-state index in [0.29, 0.717) is 34.6 Å². The fourth-order valence-corrected chi connectivity index (χ4v) is 2.28. The van der Waals surface area contributed by atoms with E-state index >= 15 is 0 Å². The summed E-state index contributed by atoms with van der Waals surface area (Å²) in [5.41, 5.74) is 1.41. The van der Waals surface area contributed by atoms with E-state index in [4.69, 9.17) is 23.2 Å². The number of hydrogen-bond acceptors (Lipinski definition) is 3. The van der Waals surface area contributed by atoms with E-state index in [9.17, 15) is 9.59 Å². The Kier molecular flexibility index (Phi) is 4.76. The molecular weight excluding hydrogens is 301 g/mol. The van der Waals surface area contributed by atoms with E-state index in [1.54, 1.807) is 12.2 Å². The average molecular weight is 312 g/mol. The van der Waals surface area contributed by atoms with Crippen LogP contribution in [0.1, 0.15) is 16.9 Å². The largest absolute Gasteiger partial charge is 0.319 e. The van der Waals surface area contributed by atoms with Gasteiger partial charge in [0.1, 0.15) is 5.69 Å². The number of anilines is 1. The molecule has 2 rings (SSSR count). The fourth-order valence-electron chi connectivity index (χ4n) is 1.76. The molecule has 1 aliphatic carbocycles. The van der Waals surface area contributed by atoms with Crippen LogP contribution in [0.2, 0.25) is 0 Å². The molecule has 0 unspecified atom stereocenters. The van der Waals surface area contributed by atoms with Crippen molar-refractivity contribution in [2.45, 2.75) is 6.42 Å². The molecule has 5 nitrogen and oxygen atoms in total. The summed E-state index contributed by atoms with van der Waals surface area (Å²) in [6, 6.07) is 0. The van der Waals surface area contributed by atoms with Crippen LogP contribution in [0.15, 0.2) is 40.6 Å². The highest BCUT2D eigenvalue weighted by Gasteiger charge is 2.20. The number of hydrogen-bond donors (Lipinski definition) is 2. The predicted octanol–water partition coefficient (Wildman–Crippen LogP) is 2.78. The van der Waals surface area contributed by atoms with Crippen LogP contribution in [-0.4, -0.2) is 28.3 Å². The lowest BCUT2D eigenvalue weighted by Crippen LogP contribution is -2.17. The van der Waals surface area contributed by atoms with Gasteiger partial charge in [-0.3, -0.25) is 14.7 Å². The Morgan fingerprint density at radius 1 is 1.55 bits per heavy atom. The Labute approximate surface area is 125 Å². The van der Waals surface area contributed by atoms with E-state index in [2.05, 4.69) is 15.5 Å². The SMILES string of the molecule is O=Cc1[nH]ncc1NC(=O)C1=C(CCl)C=CCC=C1Cl. The molecule has 0 saturated heterocycles. The number of carbonyl (C=O) groups excluding carboxylic acids is 2. The zero-order chi connectivity index (χ0) is 14.5. The molecule has 1 aliphatic rings. The molecule has 7 heteroatoms. The highest BCUT2D eigenvalue weighted by atomic mass is 35.5. The lowest BCUT2D eigenvalue weighted by atomic mass is 10.1. The number of nitrogens with zero attached hydrogens (tertiary/aromatic N) is 1. The number of alkyl halides is 1. The maximum absolute atomic E-state index is 12.3. The van der Waals surface area contributed by atoms with Crippen LogP contribution in [0, 0.1) is 0 Å². The molecule has 0 spiro atoms. The predicted molar refractivity (Wildman–Crippen MR) is 78.0 cm³/mol. The summed E-state index contributed by atoms with van der Waals surface area (Å²) in [7, 11) is 0. The number of amides is 1. The Morgan fingerprint density at radius 2 is 2.35 bits per heavy atom. The van der Waals surface area contributed by atoms with Gasteiger partial charge in [0.2, 0.25) is 0 Å². The Bertz CT molecular complexity index is 629.